The molecule has 2 unspecified atom stereocenters. The second-order valence-electron chi connectivity index (χ2n) is 3.94. The van der Waals surface area contributed by atoms with Crippen molar-refractivity contribution in [2.24, 2.45) is 11.8 Å². The molecule has 0 aromatic heterocycles. The first-order chi connectivity index (χ1) is 6.77. The third-order valence-electron chi connectivity index (χ3n) is 2.76. The summed E-state index contributed by atoms with van der Waals surface area (Å²) in [5.41, 5.74) is 1.46. The molecule has 0 N–H and O–H groups in total. The number of rotatable bonds is 2. The number of hydrogen-bond acceptors (Lipinski definition) is 0. The van der Waals surface area contributed by atoms with Gasteiger partial charge in [0, 0.05) is 0 Å². The molecule has 0 heteroatoms. The van der Waals surface area contributed by atoms with Gasteiger partial charge in [-0.05, 0) is 38.0 Å². The molecule has 2 rings (SSSR count). The zero-order chi connectivity index (χ0) is 10.4. The van der Waals surface area contributed by atoms with Crippen LogP contribution in [0.15, 0.2) is 49.1 Å². The van der Waals surface area contributed by atoms with Crippen LogP contribution in [0, 0.1) is 11.8 Å². The molecule has 2 aliphatic rings. The summed E-state index contributed by atoms with van der Waals surface area (Å²) in [6, 6.07) is 0. The van der Waals surface area contributed by atoms with Crippen molar-refractivity contribution in [1.29, 1.82) is 0 Å². The van der Waals surface area contributed by atoms with E-state index in [9.17, 15) is 0 Å². The number of fused-ring (bicyclic) bond motifs is 2. The summed E-state index contributed by atoms with van der Waals surface area (Å²) in [6.07, 6.45) is 14.2. The van der Waals surface area contributed by atoms with E-state index >= 15 is 0 Å². The molecule has 1 fully saturated rings. The van der Waals surface area contributed by atoms with Crippen molar-refractivity contribution < 1.29 is 0 Å². The first kappa shape index (κ1) is 11.0. The van der Waals surface area contributed by atoms with E-state index in [0.29, 0.717) is 0 Å². The highest BCUT2D eigenvalue weighted by Crippen LogP contribution is 2.41. The number of allylic oxidation sites excluding steroid dienone is 6. The zero-order valence-electron chi connectivity index (χ0n) is 9.08. The van der Waals surface area contributed by atoms with Crippen molar-refractivity contribution in [2.45, 2.75) is 26.2 Å². The monoisotopic (exact) mass is 188 g/mol. The molecule has 0 radical (unpaired) electrons. The van der Waals surface area contributed by atoms with Gasteiger partial charge in [-0.15, -0.1) is 6.58 Å². The summed E-state index contributed by atoms with van der Waals surface area (Å²) >= 11 is 0. The summed E-state index contributed by atoms with van der Waals surface area (Å²) in [4.78, 5) is 0. The molecule has 76 valence electrons. The van der Waals surface area contributed by atoms with Crippen LogP contribution in [0.25, 0.3) is 0 Å². The molecule has 1 saturated carbocycles. The SMILES string of the molecule is C=C1CC2C=CC1C2.C=CC/C=C/C. The molecule has 2 atom stereocenters. The van der Waals surface area contributed by atoms with E-state index in [1.54, 1.807) is 0 Å². The molecule has 2 aliphatic carbocycles. The summed E-state index contributed by atoms with van der Waals surface area (Å²) in [5, 5.41) is 0. The van der Waals surface area contributed by atoms with Crippen molar-refractivity contribution in [3.63, 3.8) is 0 Å². The van der Waals surface area contributed by atoms with Crippen LogP contribution >= 0.6 is 0 Å². The Labute approximate surface area is 87.7 Å². The van der Waals surface area contributed by atoms with Gasteiger partial charge < -0.3 is 0 Å². The van der Waals surface area contributed by atoms with E-state index in [1.807, 2.05) is 19.1 Å². The third-order valence-corrected chi connectivity index (χ3v) is 2.76. The minimum Gasteiger partial charge on any atom is -0.103 e. The summed E-state index contributed by atoms with van der Waals surface area (Å²) in [6.45, 7) is 9.54. The molecule has 0 heterocycles. The van der Waals surface area contributed by atoms with E-state index in [0.717, 1.165) is 18.3 Å². The summed E-state index contributed by atoms with van der Waals surface area (Å²) in [5.74, 6) is 1.63. The van der Waals surface area contributed by atoms with Crippen molar-refractivity contribution in [3.8, 4) is 0 Å². The summed E-state index contributed by atoms with van der Waals surface area (Å²) < 4.78 is 0. The molecule has 0 spiro atoms. The van der Waals surface area contributed by atoms with Crippen LogP contribution in [0.2, 0.25) is 0 Å². The molecule has 0 aromatic rings. The maximum absolute atomic E-state index is 3.99. The lowest BCUT2D eigenvalue weighted by Crippen LogP contribution is -1.88. The van der Waals surface area contributed by atoms with Crippen LogP contribution in [0.5, 0.6) is 0 Å². The Morgan fingerprint density at radius 2 is 2.29 bits per heavy atom. The average Bonchev–Trinajstić information content (AvgIpc) is 2.76. The Hall–Kier alpha value is -1.04. The fourth-order valence-electron chi connectivity index (χ4n) is 1.95. The van der Waals surface area contributed by atoms with Crippen LogP contribution < -0.4 is 0 Å². The van der Waals surface area contributed by atoms with Crippen LogP contribution in [0.1, 0.15) is 26.2 Å². The molecule has 0 nitrogen and oxygen atoms in total. The van der Waals surface area contributed by atoms with Crippen LogP contribution in [-0.4, -0.2) is 0 Å². The molecular weight excluding hydrogens is 168 g/mol. The van der Waals surface area contributed by atoms with Gasteiger partial charge in [0.1, 0.15) is 0 Å². The van der Waals surface area contributed by atoms with E-state index in [4.69, 9.17) is 0 Å². The minimum atomic E-state index is 0.764. The quantitative estimate of drug-likeness (QED) is 0.567. The fourth-order valence-corrected chi connectivity index (χ4v) is 1.95. The lowest BCUT2D eigenvalue weighted by molar-refractivity contribution is 0.693. The molecule has 0 saturated heterocycles. The van der Waals surface area contributed by atoms with Crippen molar-refractivity contribution in [3.05, 3.63) is 49.1 Å². The first-order valence-corrected chi connectivity index (χ1v) is 5.36. The predicted octanol–water partition coefficient (Wildman–Crippen LogP) is 4.28. The van der Waals surface area contributed by atoms with E-state index in [2.05, 4.69) is 31.4 Å². The van der Waals surface area contributed by atoms with E-state index in [1.165, 1.54) is 18.4 Å². The fraction of sp³-hybridized carbons (Fsp3) is 0.429. The average molecular weight is 188 g/mol. The standard InChI is InChI=1S/C8H10.C6H10/c1-6-4-7-2-3-8(6)5-7;1-3-5-6-4-2/h2-3,7-8H,1,4-5H2;3-4,6H,1,5H2,2H3/b;6-4+. The van der Waals surface area contributed by atoms with Gasteiger partial charge in [-0.25, -0.2) is 0 Å². The molecule has 0 amide bonds. The maximum Gasteiger partial charge on any atom is -0.00199 e. The lowest BCUT2D eigenvalue weighted by Gasteiger charge is -2.02. The highest BCUT2D eigenvalue weighted by atomic mass is 14.3. The molecule has 14 heavy (non-hydrogen) atoms. The minimum absolute atomic E-state index is 0.764. The second-order valence-corrected chi connectivity index (χ2v) is 3.94. The molecular formula is C14H20. The second kappa shape index (κ2) is 5.64. The molecule has 0 aliphatic heterocycles. The molecule has 2 bridgehead atoms. The topological polar surface area (TPSA) is 0 Å². The normalized spacial score (nSPS) is 27.9. The van der Waals surface area contributed by atoms with Gasteiger partial charge in [0.05, 0.1) is 0 Å². The van der Waals surface area contributed by atoms with E-state index in [-0.39, 0.29) is 0 Å². The maximum atomic E-state index is 3.99. The molecule has 0 aromatic carbocycles. The highest BCUT2D eigenvalue weighted by Gasteiger charge is 2.28. The largest absolute Gasteiger partial charge is 0.103 e. The van der Waals surface area contributed by atoms with Gasteiger partial charge in [-0.3, -0.25) is 0 Å². The van der Waals surface area contributed by atoms with Gasteiger partial charge in [-0.1, -0.05) is 42.5 Å². The Balaban J connectivity index is 0.000000149. The van der Waals surface area contributed by atoms with Crippen LogP contribution in [-0.2, 0) is 0 Å². The van der Waals surface area contributed by atoms with Crippen molar-refractivity contribution in [1.82, 2.24) is 0 Å². The Morgan fingerprint density at radius 3 is 2.50 bits per heavy atom. The van der Waals surface area contributed by atoms with Crippen molar-refractivity contribution in [2.75, 3.05) is 0 Å². The van der Waals surface area contributed by atoms with Gasteiger partial charge in [0.25, 0.3) is 0 Å². The van der Waals surface area contributed by atoms with Crippen molar-refractivity contribution >= 4 is 0 Å². The van der Waals surface area contributed by atoms with Gasteiger partial charge in [-0.2, -0.15) is 0 Å². The van der Waals surface area contributed by atoms with Crippen LogP contribution in [0.3, 0.4) is 0 Å². The first-order valence-electron chi connectivity index (χ1n) is 5.36. The Bertz CT molecular complexity index is 255. The Morgan fingerprint density at radius 1 is 1.50 bits per heavy atom. The third kappa shape index (κ3) is 3.02. The van der Waals surface area contributed by atoms with Gasteiger partial charge >= 0.3 is 0 Å². The summed E-state index contributed by atoms with van der Waals surface area (Å²) in [7, 11) is 0. The zero-order valence-corrected chi connectivity index (χ0v) is 9.08. The predicted molar refractivity (Wildman–Crippen MR) is 64.1 cm³/mol. The lowest BCUT2D eigenvalue weighted by atomic mass is 10.0. The van der Waals surface area contributed by atoms with Gasteiger partial charge in [0.2, 0.25) is 0 Å². The Kier molecular flexibility index (Phi) is 4.45. The smallest absolute Gasteiger partial charge is 0.00199 e. The van der Waals surface area contributed by atoms with E-state index < -0.39 is 0 Å². The van der Waals surface area contributed by atoms with Crippen LogP contribution in [0.4, 0.5) is 0 Å². The highest BCUT2D eigenvalue weighted by molar-refractivity contribution is 5.24. The van der Waals surface area contributed by atoms with Gasteiger partial charge in [0.15, 0.2) is 0 Å². The number of hydrogen-bond donors (Lipinski definition) is 0.